The average molecular weight is 571 g/mol. The van der Waals surface area contributed by atoms with Crippen LogP contribution in [0.4, 0.5) is 22.8 Å². The second-order valence-electron chi connectivity index (χ2n) is 12.4. The van der Waals surface area contributed by atoms with E-state index in [4.69, 9.17) is 9.47 Å². The molecule has 4 amide bonds. The summed E-state index contributed by atoms with van der Waals surface area (Å²) in [5.41, 5.74) is -3.09. The molecule has 1 aliphatic carbocycles. The van der Waals surface area contributed by atoms with Crippen molar-refractivity contribution in [2.24, 2.45) is 5.41 Å². The fourth-order valence-corrected chi connectivity index (χ4v) is 5.01. The van der Waals surface area contributed by atoms with E-state index in [2.05, 4.69) is 10.3 Å². The van der Waals surface area contributed by atoms with Gasteiger partial charge in [0.2, 0.25) is 12.3 Å². The highest BCUT2D eigenvalue weighted by Crippen LogP contribution is 2.42. The molecule has 13 heteroatoms. The number of nitrogens with one attached hydrogen (secondary N) is 1. The molecule has 3 rings (SSSR count). The lowest BCUT2D eigenvalue weighted by Crippen LogP contribution is -2.52. The van der Waals surface area contributed by atoms with Crippen LogP contribution in [0.5, 0.6) is 0 Å². The standard InChI is InChI=1S/C27H37F3N4O6/c1-24(2,3)39-22(37)32-19-7-9-26(12-19,15-34(16-35)23(38)40-25(4,5)6)21(36)33-10-8-20-17(14-33)11-18(13-31-20)27(28,29)30/h11,13,16,19H,7-10,12,14-15H2,1-6H3,(H,32,37)/t19?,26-/m0/s1. The van der Waals surface area contributed by atoms with Crippen molar-refractivity contribution in [1.82, 2.24) is 20.1 Å². The van der Waals surface area contributed by atoms with Crippen LogP contribution >= 0.6 is 0 Å². The number of alkyl carbamates (subject to hydrolysis) is 1. The number of hydrogen-bond acceptors (Lipinski definition) is 7. The summed E-state index contributed by atoms with van der Waals surface area (Å²) < 4.78 is 50.6. The predicted octanol–water partition coefficient (Wildman–Crippen LogP) is 4.44. The quantitative estimate of drug-likeness (QED) is 0.520. The summed E-state index contributed by atoms with van der Waals surface area (Å²) in [5.74, 6) is -0.431. The SMILES string of the molecule is CC(C)(C)OC(=O)NC1CC[C@](CN(C=O)C(=O)OC(C)(C)C)(C(=O)N2CCc3ncc(C(F)(F)F)cc3C2)C1. The van der Waals surface area contributed by atoms with E-state index in [1.165, 1.54) is 4.90 Å². The molecule has 0 spiro atoms. The van der Waals surface area contributed by atoms with E-state index < -0.39 is 52.5 Å². The van der Waals surface area contributed by atoms with Crippen molar-refractivity contribution < 1.29 is 41.8 Å². The largest absolute Gasteiger partial charge is 0.444 e. The molecule has 0 saturated heterocycles. The number of alkyl halides is 3. The molecule has 1 N–H and O–H groups in total. The molecule has 0 bridgehead atoms. The molecule has 10 nitrogen and oxygen atoms in total. The van der Waals surface area contributed by atoms with Crippen LogP contribution in [0.1, 0.15) is 77.6 Å². The number of amides is 4. The fourth-order valence-electron chi connectivity index (χ4n) is 5.01. The van der Waals surface area contributed by atoms with Crippen LogP contribution < -0.4 is 5.32 Å². The zero-order valence-electron chi connectivity index (χ0n) is 23.7. The summed E-state index contributed by atoms with van der Waals surface area (Å²) in [7, 11) is 0. The number of halogens is 3. The molecular formula is C27H37F3N4O6. The Morgan fingerprint density at radius 1 is 1.15 bits per heavy atom. The van der Waals surface area contributed by atoms with E-state index in [0.717, 1.165) is 17.2 Å². The third kappa shape index (κ3) is 7.85. The van der Waals surface area contributed by atoms with Crippen molar-refractivity contribution in [2.45, 2.75) is 97.2 Å². The van der Waals surface area contributed by atoms with Gasteiger partial charge in [-0.15, -0.1) is 0 Å². The summed E-state index contributed by atoms with van der Waals surface area (Å²) >= 11 is 0. The summed E-state index contributed by atoms with van der Waals surface area (Å²) in [5, 5.41) is 2.76. The van der Waals surface area contributed by atoms with Crippen LogP contribution in [0.15, 0.2) is 12.3 Å². The Hall–Kier alpha value is -3.38. The number of ether oxygens (including phenoxy) is 2. The van der Waals surface area contributed by atoms with Crippen molar-refractivity contribution in [1.29, 1.82) is 0 Å². The molecule has 1 saturated carbocycles. The van der Waals surface area contributed by atoms with Crippen LogP contribution in [-0.2, 0) is 38.2 Å². The zero-order chi connectivity index (χ0) is 30.1. The second-order valence-corrected chi connectivity index (χ2v) is 12.4. The van der Waals surface area contributed by atoms with Crippen molar-refractivity contribution in [3.05, 3.63) is 29.1 Å². The van der Waals surface area contributed by atoms with Crippen molar-refractivity contribution >= 4 is 24.5 Å². The van der Waals surface area contributed by atoms with Gasteiger partial charge in [-0.3, -0.25) is 14.6 Å². The summed E-state index contributed by atoms with van der Waals surface area (Å²) in [6.07, 6.45) is -4.20. The van der Waals surface area contributed by atoms with Gasteiger partial charge in [-0.25, -0.2) is 14.5 Å². The van der Waals surface area contributed by atoms with Crippen LogP contribution in [0.3, 0.4) is 0 Å². The van der Waals surface area contributed by atoms with Gasteiger partial charge in [0.05, 0.1) is 11.0 Å². The number of pyridine rings is 1. The van der Waals surface area contributed by atoms with Crippen molar-refractivity contribution in [2.75, 3.05) is 13.1 Å². The summed E-state index contributed by atoms with van der Waals surface area (Å²) in [4.78, 5) is 57.4. The molecule has 1 aromatic heterocycles. The van der Waals surface area contributed by atoms with Crippen LogP contribution in [0.2, 0.25) is 0 Å². The van der Waals surface area contributed by atoms with E-state index in [0.29, 0.717) is 18.5 Å². The molecule has 0 aromatic carbocycles. The Morgan fingerprint density at radius 2 is 1.80 bits per heavy atom. The number of nitrogens with zero attached hydrogens (tertiary/aromatic N) is 3. The molecule has 1 unspecified atom stereocenters. The minimum Gasteiger partial charge on any atom is -0.444 e. The number of carbonyl (C=O) groups is 4. The first-order valence-corrected chi connectivity index (χ1v) is 13.1. The summed E-state index contributed by atoms with van der Waals surface area (Å²) in [6, 6.07) is 0.496. The molecule has 2 heterocycles. The average Bonchev–Trinajstić information content (AvgIpc) is 3.21. The number of carbonyl (C=O) groups excluding carboxylic acids is 4. The molecular weight excluding hydrogens is 533 g/mol. The Morgan fingerprint density at radius 3 is 2.38 bits per heavy atom. The van der Waals surface area contributed by atoms with Gasteiger partial charge in [0.1, 0.15) is 11.2 Å². The van der Waals surface area contributed by atoms with Gasteiger partial charge in [0.25, 0.3) is 0 Å². The maximum Gasteiger partial charge on any atom is 0.417 e. The molecule has 2 aliphatic rings. The third-order valence-electron chi connectivity index (χ3n) is 6.67. The lowest BCUT2D eigenvalue weighted by Gasteiger charge is -2.38. The van der Waals surface area contributed by atoms with Gasteiger partial charge in [-0.05, 0) is 72.4 Å². The molecule has 1 aliphatic heterocycles. The Balaban J connectivity index is 1.88. The first-order valence-electron chi connectivity index (χ1n) is 13.1. The lowest BCUT2D eigenvalue weighted by atomic mass is 9.82. The Labute approximate surface area is 231 Å². The number of imide groups is 1. The lowest BCUT2D eigenvalue weighted by molar-refractivity contribution is -0.144. The van der Waals surface area contributed by atoms with Crippen LogP contribution in [0.25, 0.3) is 0 Å². The van der Waals surface area contributed by atoms with E-state index >= 15 is 0 Å². The number of rotatable bonds is 5. The fraction of sp³-hybridized carbons (Fsp3) is 0.667. The number of fused-ring (bicyclic) bond motifs is 1. The monoisotopic (exact) mass is 570 g/mol. The first kappa shape index (κ1) is 31.2. The van der Waals surface area contributed by atoms with Gasteiger partial charge < -0.3 is 19.7 Å². The molecule has 40 heavy (non-hydrogen) atoms. The molecule has 222 valence electrons. The van der Waals surface area contributed by atoms with Crippen LogP contribution in [-0.4, -0.2) is 69.6 Å². The topological polar surface area (TPSA) is 118 Å². The highest BCUT2D eigenvalue weighted by atomic mass is 19.4. The van der Waals surface area contributed by atoms with E-state index in [1.54, 1.807) is 41.5 Å². The van der Waals surface area contributed by atoms with E-state index in [9.17, 15) is 32.3 Å². The Kier molecular flexibility index (Phi) is 8.76. The highest BCUT2D eigenvalue weighted by molar-refractivity contribution is 5.87. The normalized spacial score (nSPS) is 21.3. The minimum absolute atomic E-state index is 0.0857. The second kappa shape index (κ2) is 11.2. The molecule has 0 radical (unpaired) electrons. The summed E-state index contributed by atoms with van der Waals surface area (Å²) in [6.45, 7) is 9.83. The number of aromatic nitrogens is 1. The molecule has 2 atom stereocenters. The van der Waals surface area contributed by atoms with Crippen molar-refractivity contribution in [3.63, 3.8) is 0 Å². The van der Waals surface area contributed by atoms with Gasteiger partial charge in [-0.2, -0.15) is 13.2 Å². The van der Waals surface area contributed by atoms with Gasteiger partial charge >= 0.3 is 18.4 Å². The highest BCUT2D eigenvalue weighted by Gasteiger charge is 2.50. The smallest absolute Gasteiger partial charge is 0.417 e. The molecule has 1 aromatic rings. The third-order valence-corrected chi connectivity index (χ3v) is 6.67. The van der Waals surface area contributed by atoms with Gasteiger partial charge in [-0.1, -0.05) is 0 Å². The van der Waals surface area contributed by atoms with E-state index in [-0.39, 0.29) is 44.5 Å². The first-order chi connectivity index (χ1) is 18.3. The number of hydrogen-bond donors (Lipinski definition) is 1. The zero-order valence-corrected chi connectivity index (χ0v) is 23.7. The maximum absolute atomic E-state index is 14.1. The van der Waals surface area contributed by atoms with Crippen molar-refractivity contribution in [3.8, 4) is 0 Å². The van der Waals surface area contributed by atoms with E-state index in [1.807, 2.05) is 0 Å². The minimum atomic E-state index is -4.58. The van der Waals surface area contributed by atoms with Gasteiger partial charge in [0, 0.05) is 44.0 Å². The predicted molar refractivity (Wildman–Crippen MR) is 137 cm³/mol. The maximum atomic E-state index is 14.1. The Bertz CT molecular complexity index is 1140. The van der Waals surface area contributed by atoms with Crippen LogP contribution in [0, 0.1) is 5.41 Å². The molecule has 1 fully saturated rings. The van der Waals surface area contributed by atoms with Gasteiger partial charge in [0.15, 0.2) is 0 Å².